The second-order valence-electron chi connectivity index (χ2n) is 7.72. The molecule has 0 saturated heterocycles. The van der Waals surface area contributed by atoms with Crippen molar-refractivity contribution in [3.63, 3.8) is 0 Å². The Bertz CT molecular complexity index is 586. The minimum Gasteiger partial charge on any atom is -0.493 e. The minimum atomic E-state index is -0.690. The molecule has 0 spiro atoms. The molecule has 1 aliphatic rings. The van der Waals surface area contributed by atoms with Gasteiger partial charge in [0.05, 0.1) is 6.61 Å². The van der Waals surface area contributed by atoms with Crippen LogP contribution in [0.2, 0.25) is 0 Å². The Morgan fingerprint density at radius 3 is 2.54 bits per heavy atom. The van der Waals surface area contributed by atoms with Gasteiger partial charge in [-0.1, -0.05) is 26.7 Å². The predicted octanol–water partition coefficient (Wildman–Crippen LogP) is 5.41. The highest BCUT2D eigenvalue weighted by Crippen LogP contribution is 2.37. The lowest BCUT2D eigenvalue weighted by atomic mass is 9.78. The fourth-order valence-electron chi connectivity index (χ4n) is 4.00. The quantitative estimate of drug-likeness (QED) is 0.630. The summed E-state index contributed by atoms with van der Waals surface area (Å²) in [5.41, 5.74) is 2.24. The van der Waals surface area contributed by atoms with E-state index in [-0.39, 0.29) is 5.91 Å². The molecule has 1 N–H and O–H groups in total. The van der Waals surface area contributed by atoms with Crippen LogP contribution in [0.15, 0.2) is 12.1 Å². The summed E-state index contributed by atoms with van der Waals surface area (Å²) in [6.45, 7) is 11.7. The molecule has 2 atom stereocenters. The molecule has 0 aliphatic heterocycles. The molecule has 1 saturated carbocycles. The van der Waals surface area contributed by atoms with Gasteiger partial charge in [-0.25, -0.2) is 0 Å². The Kier molecular flexibility index (Phi) is 7.51. The van der Waals surface area contributed by atoms with Crippen LogP contribution in [0.3, 0.4) is 0 Å². The summed E-state index contributed by atoms with van der Waals surface area (Å²) in [4.78, 5) is 13.1. The van der Waals surface area contributed by atoms with Crippen molar-refractivity contribution in [1.82, 2.24) is 0 Å². The first-order valence-electron chi connectivity index (χ1n) is 10.1. The highest BCUT2D eigenvalue weighted by molar-refractivity contribution is 5.97. The number of nitrogens with one attached hydrogen (secondary N) is 1. The molecule has 0 heterocycles. The maximum absolute atomic E-state index is 13.1. The van der Waals surface area contributed by atoms with Crippen molar-refractivity contribution in [3.05, 3.63) is 23.3 Å². The molecule has 146 valence electrons. The Hall–Kier alpha value is -1.55. The van der Waals surface area contributed by atoms with Crippen molar-refractivity contribution < 1.29 is 14.3 Å². The number of ether oxygens (including phenoxy) is 2. The summed E-state index contributed by atoms with van der Waals surface area (Å²) in [5.74, 6) is 1.44. The van der Waals surface area contributed by atoms with E-state index >= 15 is 0 Å². The van der Waals surface area contributed by atoms with E-state index in [1.165, 1.54) is 6.42 Å². The van der Waals surface area contributed by atoms with Crippen molar-refractivity contribution in [3.8, 4) is 5.75 Å². The summed E-state index contributed by atoms with van der Waals surface area (Å²) in [6, 6.07) is 4.00. The summed E-state index contributed by atoms with van der Waals surface area (Å²) in [7, 11) is 0. The van der Waals surface area contributed by atoms with E-state index in [9.17, 15) is 4.79 Å². The standard InChI is InChI=1S/C22H35NO3/c1-6-8-12-25-20-17(4)13-19(14-18(20)5)23-21(24)22(26-7-2)11-9-10-16(3)15-22/h13-14,16H,6-12,15H2,1-5H3,(H,23,24)/t16-,22+/m1/s1. The van der Waals surface area contributed by atoms with Crippen molar-refractivity contribution in [2.24, 2.45) is 5.92 Å². The Morgan fingerprint density at radius 2 is 1.96 bits per heavy atom. The van der Waals surface area contributed by atoms with Crippen LogP contribution in [-0.2, 0) is 9.53 Å². The van der Waals surface area contributed by atoms with E-state index in [4.69, 9.17) is 9.47 Å². The third-order valence-corrected chi connectivity index (χ3v) is 5.25. The molecule has 4 heteroatoms. The molecule has 1 aromatic rings. The molecular weight excluding hydrogens is 326 g/mol. The van der Waals surface area contributed by atoms with Gasteiger partial charge in [0, 0.05) is 12.3 Å². The van der Waals surface area contributed by atoms with Crippen LogP contribution in [0.1, 0.15) is 70.4 Å². The van der Waals surface area contributed by atoms with Crippen molar-refractivity contribution in [2.45, 2.75) is 78.7 Å². The molecule has 1 fully saturated rings. The molecule has 0 unspecified atom stereocenters. The molecule has 1 aliphatic carbocycles. The van der Waals surface area contributed by atoms with Gasteiger partial charge >= 0.3 is 0 Å². The van der Waals surface area contributed by atoms with E-state index in [0.29, 0.717) is 12.5 Å². The lowest BCUT2D eigenvalue weighted by molar-refractivity contribution is -0.147. The largest absolute Gasteiger partial charge is 0.493 e. The van der Waals surface area contributed by atoms with E-state index in [1.54, 1.807) is 0 Å². The minimum absolute atomic E-state index is 0.00986. The van der Waals surface area contributed by atoms with Gasteiger partial charge in [0.1, 0.15) is 11.4 Å². The van der Waals surface area contributed by atoms with Crippen molar-refractivity contribution in [1.29, 1.82) is 0 Å². The van der Waals surface area contributed by atoms with Crippen molar-refractivity contribution >= 4 is 11.6 Å². The number of amides is 1. The topological polar surface area (TPSA) is 47.6 Å². The monoisotopic (exact) mass is 361 g/mol. The second-order valence-corrected chi connectivity index (χ2v) is 7.72. The van der Waals surface area contributed by atoms with Gasteiger partial charge in [0.2, 0.25) is 0 Å². The number of aryl methyl sites for hydroxylation is 2. The number of carbonyl (C=O) groups excluding carboxylic acids is 1. The SMILES string of the molecule is CCCCOc1c(C)cc(NC(=O)[C@]2(OCC)CCC[C@@H](C)C2)cc1C. The number of hydrogen-bond acceptors (Lipinski definition) is 3. The lowest BCUT2D eigenvalue weighted by Crippen LogP contribution is -2.48. The molecule has 2 rings (SSSR count). The Labute approximate surface area is 158 Å². The number of carbonyl (C=O) groups is 1. The van der Waals surface area contributed by atoms with E-state index in [0.717, 1.165) is 61.3 Å². The van der Waals surface area contributed by atoms with Crippen molar-refractivity contribution in [2.75, 3.05) is 18.5 Å². The zero-order chi connectivity index (χ0) is 19.2. The predicted molar refractivity (Wildman–Crippen MR) is 107 cm³/mol. The second kappa shape index (κ2) is 9.40. The first-order valence-corrected chi connectivity index (χ1v) is 10.1. The van der Waals surface area contributed by atoms with Gasteiger partial charge in [-0.15, -0.1) is 0 Å². The first kappa shape index (κ1) is 20.8. The zero-order valence-electron chi connectivity index (χ0n) is 17.1. The molecule has 0 bridgehead atoms. The van der Waals surface area contributed by atoms with Gasteiger partial charge < -0.3 is 14.8 Å². The van der Waals surface area contributed by atoms with E-state index < -0.39 is 5.60 Å². The number of rotatable bonds is 8. The van der Waals surface area contributed by atoms with Gasteiger partial charge in [-0.2, -0.15) is 0 Å². The highest BCUT2D eigenvalue weighted by atomic mass is 16.5. The summed E-state index contributed by atoms with van der Waals surface area (Å²) in [5, 5.41) is 3.11. The zero-order valence-corrected chi connectivity index (χ0v) is 17.1. The molecule has 0 aromatic heterocycles. The van der Waals surface area contributed by atoms with Crippen LogP contribution in [0.4, 0.5) is 5.69 Å². The van der Waals surface area contributed by atoms with Gasteiger partial charge in [-0.3, -0.25) is 4.79 Å². The normalized spacial score (nSPS) is 22.9. The average Bonchev–Trinajstić information content (AvgIpc) is 2.57. The number of benzene rings is 1. The highest BCUT2D eigenvalue weighted by Gasteiger charge is 2.42. The van der Waals surface area contributed by atoms with Gasteiger partial charge in [0.25, 0.3) is 5.91 Å². The van der Waals surface area contributed by atoms with Gasteiger partial charge in [0.15, 0.2) is 0 Å². The van der Waals surface area contributed by atoms with E-state index in [1.807, 2.05) is 32.9 Å². The molecule has 0 radical (unpaired) electrons. The number of hydrogen-bond donors (Lipinski definition) is 1. The summed E-state index contributed by atoms with van der Waals surface area (Å²) >= 11 is 0. The Morgan fingerprint density at radius 1 is 1.27 bits per heavy atom. The van der Waals surface area contributed by atoms with Crippen LogP contribution < -0.4 is 10.1 Å². The molecule has 4 nitrogen and oxygen atoms in total. The molecule has 1 amide bonds. The third kappa shape index (κ3) is 5.00. The fraction of sp³-hybridized carbons (Fsp3) is 0.682. The first-order chi connectivity index (χ1) is 12.4. The third-order valence-electron chi connectivity index (χ3n) is 5.25. The maximum atomic E-state index is 13.1. The number of anilines is 1. The van der Waals surface area contributed by atoms with Crippen LogP contribution in [0, 0.1) is 19.8 Å². The van der Waals surface area contributed by atoms with Gasteiger partial charge in [-0.05, 0) is 75.6 Å². The van der Waals surface area contributed by atoms with Crippen LogP contribution in [0.25, 0.3) is 0 Å². The lowest BCUT2D eigenvalue weighted by Gasteiger charge is -2.38. The number of unbranched alkanes of at least 4 members (excludes halogenated alkanes) is 1. The Balaban J connectivity index is 2.14. The van der Waals surface area contributed by atoms with Crippen LogP contribution in [-0.4, -0.2) is 24.7 Å². The maximum Gasteiger partial charge on any atom is 0.256 e. The van der Waals surface area contributed by atoms with Crippen LogP contribution in [0.5, 0.6) is 5.75 Å². The molecule has 1 aromatic carbocycles. The fourth-order valence-corrected chi connectivity index (χ4v) is 4.00. The van der Waals surface area contributed by atoms with E-state index in [2.05, 4.69) is 19.2 Å². The smallest absolute Gasteiger partial charge is 0.256 e. The summed E-state index contributed by atoms with van der Waals surface area (Å²) in [6.07, 6.45) is 5.97. The average molecular weight is 362 g/mol. The molecule has 26 heavy (non-hydrogen) atoms. The summed E-state index contributed by atoms with van der Waals surface area (Å²) < 4.78 is 11.9. The van der Waals surface area contributed by atoms with Crippen LogP contribution >= 0.6 is 0 Å². The molecular formula is C22H35NO3.